The standard InChI is InChI=1S/C28H34N4O/c1-22-10-9-11-23(2)27(22)30-28(33)29-18-26-21-31(19-24-12-5-3-6-13-24)16-17-32(26)20-25-14-7-4-8-15-25/h3-15,26H,16-21H2,1-2H3,(H2,29,30,33). The molecule has 5 heteroatoms. The highest BCUT2D eigenvalue weighted by atomic mass is 16.2. The van der Waals surface area contributed by atoms with Crippen LogP contribution in [-0.2, 0) is 13.1 Å². The van der Waals surface area contributed by atoms with Gasteiger partial charge in [0.15, 0.2) is 0 Å². The van der Waals surface area contributed by atoms with Crippen LogP contribution < -0.4 is 10.6 Å². The molecule has 1 aliphatic heterocycles. The Morgan fingerprint density at radius 3 is 2.06 bits per heavy atom. The fraction of sp³-hybridized carbons (Fsp3) is 0.321. The van der Waals surface area contributed by atoms with Crippen LogP contribution in [0.1, 0.15) is 22.3 Å². The normalized spacial score (nSPS) is 17.0. The van der Waals surface area contributed by atoms with E-state index in [1.54, 1.807) is 0 Å². The van der Waals surface area contributed by atoms with Crippen molar-refractivity contribution in [2.75, 3.05) is 31.5 Å². The van der Waals surface area contributed by atoms with Crippen LogP contribution in [0.15, 0.2) is 78.9 Å². The summed E-state index contributed by atoms with van der Waals surface area (Å²) in [5.41, 5.74) is 5.67. The lowest BCUT2D eigenvalue weighted by Gasteiger charge is -2.41. The molecule has 4 rings (SSSR count). The van der Waals surface area contributed by atoms with Crippen molar-refractivity contribution in [3.05, 3.63) is 101 Å². The molecule has 0 saturated carbocycles. The van der Waals surface area contributed by atoms with Gasteiger partial charge in [0.1, 0.15) is 0 Å². The number of nitrogens with zero attached hydrogens (tertiary/aromatic N) is 2. The Balaban J connectivity index is 1.40. The summed E-state index contributed by atoms with van der Waals surface area (Å²) in [7, 11) is 0. The monoisotopic (exact) mass is 442 g/mol. The second kappa shape index (κ2) is 11.1. The van der Waals surface area contributed by atoms with Crippen LogP contribution in [0.2, 0.25) is 0 Å². The SMILES string of the molecule is Cc1cccc(C)c1NC(=O)NCC1CN(Cc2ccccc2)CCN1Cc1ccccc1. The molecule has 172 valence electrons. The van der Waals surface area contributed by atoms with Gasteiger partial charge in [0.2, 0.25) is 0 Å². The fourth-order valence-electron chi connectivity index (χ4n) is 4.54. The van der Waals surface area contributed by atoms with Crippen LogP contribution in [-0.4, -0.2) is 48.1 Å². The molecule has 1 atom stereocenters. The minimum absolute atomic E-state index is 0.146. The van der Waals surface area contributed by atoms with Crippen molar-refractivity contribution in [2.45, 2.75) is 33.0 Å². The Morgan fingerprint density at radius 1 is 0.818 bits per heavy atom. The number of para-hydroxylation sites is 1. The van der Waals surface area contributed by atoms with Gasteiger partial charge in [-0.25, -0.2) is 4.79 Å². The van der Waals surface area contributed by atoms with E-state index in [2.05, 4.69) is 81.1 Å². The Kier molecular flexibility index (Phi) is 7.76. The first-order chi connectivity index (χ1) is 16.1. The van der Waals surface area contributed by atoms with Gasteiger partial charge in [-0.15, -0.1) is 0 Å². The molecule has 0 spiro atoms. The van der Waals surface area contributed by atoms with E-state index < -0.39 is 0 Å². The Morgan fingerprint density at radius 2 is 1.42 bits per heavy atom. The van der Waals surface area contributed by atoms with Gasteiger partial charge in [-0.1, -0.05) is 78.9 Å². The summed E-state index contributed by atoms with van der Waals surface area (Å²) in [6.07, 6.45) is 0. The van der Waals surface area contributed by atoms with Gasteiger partial charge >= 0.3 is 6.03 Å². The summed E-state index contributed by atoms with van der Waals surface area (Å²) in [5.74, 6) is 0. The van der Waals surface area contributed by atoms with Gasteiger partial charge < -0.3 is 10.6 Å². The minimum Gasteiger partial charge on any atom is -0.336 e. The first-order valence-corrected chi connectivity index (χ1v) is 11.7. The van der Waals surface area contributed by atoms with E-state index in [9.17, 15) is 4.79 Å². The largest absolute Gasteiger partial charge is 0.336 e. The average Bonchev–Trinajstić information content (AvgIpc) is 2.83. The van der Waals surface area contributed by atoms with Crippen molar-refractivity contribution in [2.24, 2.45) is 0 Å². The maximum atomic E-state index is 12.7. The molecule has 2 amide bonds. The highest BCUT2D eigenvalue weighted by molar-refractivity contribution is 5.91. The minimum atomic E-state index is -0.146. The number of hydrogen-bond donors (Lipinski definition) is 2. The maximum absolute atomic E-state index is 12.7. The van der Waals surface area contributed by atoms with Crippen molar-refractivity contribution in [1.82, 2.24) is 15.1 Å². The van der Waals surface area contributed by atoms with Crippen LogP contribution in [0.5, 0.6) is 0 Å². The second-order valence-corrected chi connectivity index (χ2v) is 8.93. The number of aryl methyl sites for hydroxylation is 2. The van der Waals surface area contributed by atoms with Gasteiger partial charge in [0.25, 0.3) is 0 Å². The number of piperazine rings is 1. The van der Waals surface area contributed by atoms with E-state index in [1.807, 2.05) is 32.0 Å². The van der Waals surface area contributed by atoms with Gasteiger partial charge in [-0.2, -0.15) is 0 Å². The van der Waals surface area contributed by atoms with Crippen molar-refractivity contribution in [3.63, 3.8) is 0 Å². The molecule has 0 radical (unpaired) electrons. The number of carbonyl (C=O) groups excluding carboxylic acids is 1. The predicted molar refractivity (Wildman–Crippen MR) is 135 cm³/mol. The zero-order chi connectivity index (χ0) is 23.0. The van der Waals surface area contributed by atoms with E-state index in [1.165, 1.54) is 11.1 Å². The van der Waals surface area contributed by atoms with Gasteiger partial charge in [0, 0.05) is 51.0 Å². The molecule has 5 nitrogen and oxygen atoms in total. The summed E-state index contributed by atoms with van der Waals surface area (Å²) in [6, 6.07) is 27.3. The topological polar surface area (TPSA) is 47.6 Å². The third-order valence-electron chi connectivity index (χ3n) is 6.38. The summed E-state index contributed by atoms with van der Waals surface area (Å²) >= 11 is 0. The molecule has 0 bridgehead atoms. The smallest absolute Gasteiger partial charge is 0.319 e. The van der Waals surface area contributed by atoms with Crippen molar-refractivity contribution < 1.29 is 4.79 Å². The first-order valence-electron chi connectivity index (χ1n) is 11.7. The van der Waals surface area contributed by atoms with Crippen LogP contribution in [0.3, 0.4) is 0 Å². The van der Waals surface area contributed by atoms with Crippen LogP contribution in [0.4, 0.5) is 10.5 Å². The molecular weight excluding hydrogens is 408 g/mol. The summed E-state index contributed by atoms with van der Waals surface area (Å²) in [5, 5.41) is 6.19. The van der Waals surface area contributed by atoms with E-state index in [4.69, 9.17) is 0 Å². The summed E-state index contributed by atoms with van der Waals surface area (Å²) in [4.78, 5) is 17.7. The lowest BCUT2D eigenvalue weighted by molar-refractivity contribution is 0.0652. The number of urea groups is 1. The van der Waals surface area contributed by atoms with Crippen LogP contribution in [0.25, 0.3) is 0 Å². The Labute approximate surface area is 197 Å². The number of carbonyl (C=O) groups is 1. The molecule has 0 aliphatic carbocycles. The van der Waals surface area contributed by atoms with Gasteiger partial charge in [-0.05, 0) is 36.1 Å². The van der Waals surface area contributed by atoms with Crippen LogP contribution >= 0.6 is 0 Å². The van der Waals surface area contributed by atoms with E-state index in [0.717, 1.165) is 49.5 Å². The summed E-state index contributed by atoms with van der Waals surface area (Å²) in [6.45, 7) is 9.40. The molecular formula is C28H34N4O. The maximum Gasteiger partial charge on any atom is 0.319 e. The highest BCUT2D eigenvalue weighted by Gasteiger charge is 2.27. The number of nitrogens with one attached hydrogen (secondary N) is 2. The third kappa shape index (κ3) is 6.44. The number of rotatable bonds is 7. The molecule has 1 saturated heterocycles. The number of amides is 2. The number of anilines is 1. The van der Waals surface area contributed by atoms with Gasteiger partial charge in [-0.3, -0.25) is 9.80 Å². The molecule has 1 unspecified atom stereocenters. The molecule has 2 N–H and O–H groups in total. The quantitative estimate of drug-likeness (QED) is 0.552. The number of benzene rings is 3. The van der Waals surface area contributed by atoms with E-state index >= 15 is 0 Å². The van der Waals surface area contributed by atoms with Crippen molar-refractivity contribution in [3.8, 4) is 0 Å². The van der Waals surface area contributed by atoms with Crippen molar-refractivity contribution >= 4 is 11.7 Å². The average molecular weight is 443 g/mol. The highest BCUT2D eigenvalue weighted by Crippen LogP contribution is 2.20. The van der Waals surface area contributed by atoms with Crippen LogP contribution in [0, 0.1) is 13.8 Å². The Hall–Kier alpha value is -3.15. The molecule has 0 aromatic heterocycles. The molecule has 1 aliphatic rings. The fourth-order valence-corrected chi connectivity index (χ4v) is 4.54. The lowest BCUT2D eigenvalue weighted by Crippen LogP contribution is -2.56. The number of hydrogen-bond acceptors (Lipinski definition) is 3. The van der Waals surface area contributed by atoms with E-state index in [0.29, 0.717) is 6.54 Å². The second-order valence-electron chi connectivity index (χ2n) is 8.93. The first kappa shape index (κ1) is 23.0. The molecule has 3 aromatic carbocycles. The van der Waals surface area contributed by atoms with Crippen molar-refractivity contribution in [1.29, 1.82) is 0 Å². The molecule has 1 heterocycles. The molecule has 33 heavy (non-hydrogen) atoms. The zero-order valence-electron chi connectivity index (χ0n) is 19.6. The predicted octanol–water partition coefficient (Wildman–Crippen LogP) is 4.81. The van der Waals surface area contributed by atoms with Gasteiger partial charge in [0.05, 0.1) is 0 Å². The lowest BCUT2D eigenvalue weighted by atomic mass is 10.1. The molecule has 3 aromatic rings. The van der Waals surface area contributed by atoms with E-state index in [-0.39, 0.29) is 12.1 Å². The summed E-state index contributed by atoms with van der Waals surface area (Å²) < 4.78 is 0. The zero-order valence-corrected chi connectivity index (χ0v) is 19.6. The third-order valence-corrected chi connectivity index (χ3v) is 6.38. The Bertz CT molecular complexity index is 1020. The molecule has 1 fully saturated rings.